The Labute approximate surface area is 116 Å². The number of aryl methyl sites for hydroxylation is 1. The molecule has 0 spiro atoms. The molecule has 1 heteroatoms. The predicted octanol–water partition coefficient (Wildman–Crippen LogP) is 4.20. The van der Waals surface area contributed by atoms with E-state index in [2.05, 4.69) is 58.0 Å². The lowest BCUT2D eigenvalue weighted by atomic mass is 9.70. The minimum Gasteiger partial charge on any atom is -0.388 e. The van der Waals surface area contributed by atoms with Crippen molar-refractivity contribution in [2.24, 2.45) is 16.7 Å². The van der Waals surface area contributed by atoms with Crippen molar-refractivity contribution in [1.82, 2.24) is 0 Å². The van der Waals surface area contributed by atoms with Gasteiger partial charge in [0, 0.05) is 5.41 Å². The minimum atomic E-state index is -0.275. The fraction of sp³-hybridized carbons (Fsp3) is 0.556. The molecule has 1 N–H and O–H groups in total. The maximum atomic E-state index is 10.7. The van der Waals surface area contributed by atoms with E-state index in [0.29, 0.717) is 5.92 Å². The standard InChI is InChI=1S/C18H24O/c1-12-5-7-13(8-6-12)11-14-15-9-10-18(4,16(14)19)17(15,2)3/h5-8,11,15-16,19H,9-10H2,1-4H3. The third kappa shape index (κ3) is 1.64. The van der Waals surface area contributed by atoms with Gasteiger partial charge in [-0.3, -0.25) is 0 Å². The molecule has 0 aromatic heterocycles. The molecule has 2 fully saturated rings. The number of benzene rings is 1. The Morgan fingerprint density at radius 2 is 1.79 bits per heavy atom. The molecule has 1 aromatic rings. The van der Waals surface area contributed by atoms with Crippen molar-refractivity contribution in [3.05, 3.63) is 41.0 Å². The lowest BCUT2D eigenvalue weighted by molar-refractivity contribution is 0.0264. The number of aliphatic hydroxyl groups excluding tert-OH is 1. The van der Waals surface area contributed by atoms with Gasteiger partial charge in [0.1, 0.15) is 0 Å². The first-order valence-electron chi connectivity index (χ1n) is 7.32. The van der Waals surface area contributed by atoms with Crippen LogP contribution in [0.1, 0.15) is 44.7 Å². The summed E-state index contributed by atoms with van der Waals surface area (Å²) < 4.78 is 0. The van der Waals surface area contributed by atoms with E-state index in [1.165, 1.54) is 23.1 Å². The first kappa shape index (κ1) is 12.9. The van der Waals surface area contributed by atoms with Crippen LogP contribution < -0.4 is 0 Å². The van der Waals surface area contributed by atoms with Crippen molar-refractivity contribution in [2.45, 2.75) is 46.6 Å². The summed E-state index contributed by atoms with van der Waals surface area (Å²) in [5.41, 5.74) is 4.01. The summed E-state index contributed by atoms with van der Waals surface area (Å²) >= 11 is 0. The highest BCUT2D eigenvalue weighted by molar-refractivity contribution is 5.58. The molecule has 1 nitrogen and oxygen atoms in total. The minimum absolute atomic E-state index is 0.0498. The molecule has 2 saturated carbocycles. The second-order valence-corrected chi connectivity index (χ2v) is 7.19. The van der Waals surface area contributed by atoms with Crippen LogP contribution in [0, 0.1) is 23.7 Å². The molecule has 0 saturated heterocycles. The fourth-order valence-corrected chi connectivity index (χ4v) is 4.19. The molecule has 102 valence electrons. The third-order valence-corrected chi connectivity index (χ3v) is 6.03. The van der Waals surface area contributed by atoms with Gasteiger partial charge in [-0.1, -0.05) is 56.7 Å². The molecule has 0 aliphatic heterocycles. The number of aliphatic hydroxyl groups is 1. The van der Waals surface area contributed by atoms with Gasteiger partial charge in [-0.2, -0.15) is 0 Å². The highest BCUT2D eigenvalue weighted by Crippen LogP contribution is 2.67. The van der Waals surface area contributed by atoms with Crippen LogP contribution in [0.25, 0.3) is 6.08 Å². The molecule has 1 aromatic carbocycles. The summed E-state index contributed by atoms with van der Waals surface area (Å²) in [6.45, 7) is 9.01. The molecule has 0 amide bonds. The Kier molecular flexibility index (Phi) is 2.69. The number of hydrogen-bond donors (Lipinski definition) is 1. The molecule has 2 bridgehead atoms. The van der Waals surface area contributed by atoms with Gasteiger partial charge >= 0.3 is 0 Å². The summed E-state index contributed by atoms with van der Waals surface area (Å²) in [5, 5.41) is 10.7. The molecule has 3 atom stereocenters. The topological polar surface area (TPSA) is 20.2 Å². The van der Waals surface area contributed by atoms with Crippen molar-refractivity contribution in [3.8, 4) is 0 Å². The summed E-state index contributed by atoms with van der Waals surface area (Å²) in [5.74, 6) is 0.536. The molecule has 3 unspecified atom stereocenters. The average molecular weight is 256 g/mol. The smallest absolute Gasteiger partial charge is 0.0815 e. The Hall–Kier alpha value is -1.08. The Balaban J connectivity index is 2.01. The van der Waals surface area contributed by atoms with Crippen LogP contribution in [-0.4, -0.2) is 11.2 Å². The van der Waals surface area contributed by atoms with E-state index < -0.39 is 0 Å². The normalized spacial score (nSPS) is 38.1. The Bertz CT molecular complexity index is 523. The molecular weight excluding hydrogens is 232 g/mol. The van der Waals surface area contributed by atoms with Crippen LogP contribution >= 0.6 is 0 Å². The molecule has 2 aliphatic rings. The summed E-state index contributed by atoms with van der Waals surface area (Å²) in [6, 6.07) is 8.57. The maximum Gasteiger partial charge on any atom is 0.0815 e. The largest absolute Gasteiger partial charge is 0.388 e. The van der Waals surface area contributed by atoms with Crippen LogP contribution in [-0.2, 0) is 0 Å². The van der Waals surface area contributed by atoms with Gasteiger partial charge in [0.15, 0.2) is 0 Å². The second-order valence-electron chi connectivity index (χ2n) is 7.19. The van der Waals surface area contributed by atoms with Crippen molar-refractivity contribution in [2.75, 3.05) is 0 Å². The van der Waals surface area contributed by atoms with Crippen molar-refractivity contribution < 1.29 is 5.11 Å². The first-order valence-corrected chi connectivity index (χ1v) is 7.32. The third-order valence-electron chi connectivity index (χ3n) is 6.03. The zero-order chi connectivity index (χ0) is 13.8. The van der Waals surface area contributed by atoms with Crippen LogP contribution in [0.2, 0.25) is 0 Å². The molecule has 3 rings (SSSR count). The van der Waals surface area contributed by atoms with Crippen LogP contribution in [0.5, 0.6) is 0 Å². The van der Waals surface area contributed by atoms with E-state index in [-0.39, 0.29) is 16.9 Å². The molecule has 19 heavy (non-hydrogen) atoms. The quantitative estimate of drug-likeness (QED) is 0.798. The molecule has 0 radical (unpaired) electrons. The van der Waals surface area contributed by atoms with Crippen molar-refractivity contribution in [3.63, 3.8) is 0 Å². The molecular formula is C18H24O. The van der Waals surface area contributed by atoms with Crippen LogP contribution in [0.4, 0.5) is 0 Å². The van der Waals surface area contributed by atoms with Gasteiger partial charge in [0.05, 0.1) is 6.10 Å². The first-order chi connectivity index (χ1) is 8.86. The second kappa shape index (κ2) is 3.96. The number of hydrogen-bond acceptors (Lipinski definition) is 1. The van der Waals surface area contributed by atoms with E-state index >= 15 is 0 Å². The summed E-state index contributed by atoms with van der Waals surface area (Å²) in [7, 11) is 0. The molecule has 0 heterocycles. The van der Waals surface area contributed by atoms with Gasteiger partial charge in [0.25, 0.3) is 0 Å². The summed E-state index contributed by atoms with van der Waals surface area (Å²) in [6.07, 6.45) is 4.32. The van der Waals surface area contributed by atoms with E-state index in [1.54, 1.807) is 0 Å². The lowest BCUT2D eigenvalue weighted by Crippen LogP contribution is -2.35. The maximum absolute atomic E-state index is 10.7. The Morgan fingerprint density at radius 3 is 2.32 bits per heavy atom. The zero-order valence-corrected chi connectivity index (χ0v) is 12.4. The highest BCUT2D eigenvalue weighted by Gasteiger charge is 2.63. The van der Waals surface area contributed by atoms with Gasteiger partial charge in [0.2, 0.25) is 0 Å². The fourth-order valence-electron chi connectivity index (χ4n) is 4.19. The van der Waals surface area contributed by atoms with Crippen molar-refractivity contribution in [1.29, 1.82) is 0 Å². The Morgan fingerprint density at radius 1 is 1.16 bits per heavy atom. The predicted molar refractivity (Wildman–Crippen MR) is 79.8 cm³/mol. The van der Waals surface area contributed by atoms with E-state index in [4.69, 9.17) is 0 Å². The van der Waals surface area contributed by atoms with E-state index in [1.807, 2.05) is 0 Å². The van der Waals surface area contributed by atoms with Gasteiger partial charge in [-0.25, -0.2) is 0 Å². The number of fused-ring (bicyclic) bond motifs is 2. The van der Waals surface area contributed by atoms with Crippen molar-refractivity contribution >= 4 is 6.08 Å². The lowest BCUT2D eigenvalue weighted by Gasteiger charge is -2.36. The summed E-state index contributed by atoms with van der Waals surface area (Å²) in [4.78, 5) is 0. The highest BCUT2D eigenvalue weighted by atomic mass is 16.3. The van der Waals surface area contributed by atoms with Gasteiger partial charge in [-0.15, -0.1) is 0 Å². The SMILES string of the molecule is Cc1ccc(C=C2C3CCC(C)(C2O)C3(C)C)cc1. The van der Waals surface area contributed by atoms with Gasteiger partial charge < -0.3 is 5.11 Å². The van der Waals surface area contributed by atoms with E-state index in [0.717, 1.165) is 6.42 Å². The van der Waals surface area contributed by atoms with E-state index in [9.17, 15) is 5.11 Å². The molecule has 2 aliphatic carbocycles. The monoisotopic (exact) mass is 256 g/mol. The zero-order valence-electron chi connectivity index (χ0n) is 12.4. The average Bonchev–Trinajstić information content (AvgIpc) is 2.66. The van der Waals surface area contributed by atoms with Gasteiger partial charge in [-0.05, 0) is 42.2 Å². The number of rotatable bonds is 1. The van der Waals surface area contributed by atoms with Crippen LogP contribution in [0.3, 0.4) is 0 Å². The van der Waals surface area contributed by atoms with Crippen LogP contribution in [0.15, 0.2) is 29.8 Å².